The summed E-state index contributed by atoms with van der Waals surface area (Å²) in [6.07, 6.45) is 4.12. The van der Waals surface area contributed by atoms with Crippen molar-refractivity contribution in [1.29, 1.82) is 0 Å². The number of carbonyl (C=O) groups is 2. The lowest BCUT2D eigenvalue weighted by Crippen LogP contribution is -2.30. The molecule has 3 aromatic heterocycles. The fraction of sp³-hybridized carbons (Fsp3) is 0.300. The Hall–Kier alpha value is -3.64. The van der Waals surface area contributed by atoms with Crippen LogP contribution in [0.4, 0.5) is 0 Å². The van der Waals surface area contributed by atoms with E-state index in [1.54, 1.807) is 28.0 Å². The van der Waals surface area contributed by atoms with Crippen LogP contribution in [0.15, 0.2) is 36.0 Å². The molecular formula is C20H19N7O4S. The number of hydrogen-bond donors (Lipinski definition) is 2. The molecule has 1 atom stereocenters. The predicted molar refractivity (Wildman–Crippen MR) is 113 cm³/mol. The smallest absolute Gasteiger partial charge is 0.355 e. The van der Waals surface area contributed by atoms with Crippen molar-refractivity contribution < 1.29 is 19.4 Å². The van der Waals surface area contributed by atoms with E-state index in [4.69, 9.17) is 9.84 Å². The van der Waals surface area contributed by atoms with Gasteiger partial charge in [-0.2, -0.15) is 5.10 Å². The van der Waals surface area contributed by atoms with E-state index in [1.165, 1.54) is 16.7 Å². The molecule has 5 rings (SSSR count). The summed E-state index contributed by atoms with van der Waals surface area (Å²) < 4.78 is 7.55. The first-order valence-electron chi connectivity index (χ1n) is 9.96. The van der Waals surface area contributed by atoms with Gasteiger partial charge in [0.1, 0.15) is 10.7 Å². The fourth-order valence-electron chi connectivity index (χ4n) is 3.67. The summed E-state index contributed by atoms with van der Waals surface area (Å²) in [5, 5.41) is 27.1. The molecule has 4 heterocycles. The first kappa shape index (κ1) is 20.3. The van der Waals surface area contributed by atoms with Crippen molar-refractivity contribution in [3.8, 4) is 0 Å². The van der Waals surface area contributed by atoms with Gasteiger partial charge in [0.25, 0.3) is 5.91 Å². The molecule has 0 unspecified atom stereocenters. The van der Waals surface area contributed by atoms with Crippen LogP contribution in [0.1, 0.15) is 38.0 Å². The van der Waals surface area contributed by atoms with Gasteiger partial charge in [-0.1, -0.05) is 17.3 Å². The molecule has 1 aromatic carbocycles. The molecule has 1 aliphatic heterocycles. The Morgan fingerprint density at radius 1 is 1.34 bits per heavy atom. The Balaban J connectivity index is 1.15. The number of carboxylic acids is 1. The van der Waals surface area contributed by atoms with Crippen molar-refractivity contribution in [1.82, 2.24) is 35.1 Å². The number of aromatic nitrogens is 6. The SMILES string of the molecule is O=C(O)c1csc(Cn2cc(CO[C@@H]3CCN(C(=O)c4cccc5cn[nH]c45)C3)nn2)n1. The quantitative estimate of drug-likeness (QED) is 0.432. The maximum absolute atomic E-state index is 13.0. The average molecular weight is 453 g/mol. The van der Waals surface area contributed by atoms with E-state index in [-0.39, 0.29) is 24.3 Å². The number of H-pyrrole nitrogens is 1. The zero-order valence-electron chi connectivity index (χ0n) is 16.8. The van der Waals surface area contributed by atoms with Gasteiger partial charge in [-0.3, -0.25) is 9.89 Å². The Labute approximate surface area is 185 Å². The summed E-state index contributed by atoms with van der Waals surface area (Å²) in [5.41, 5.74) is 2.04. The molecule has 0 saturated carbocycles. The second-order valence-corrected chi connectivity index (χ2v) is 8.39. The van der Waals surface area contributed by atoms with E-state index < -0.39 is 5.97 Å². The summed E-state index contributed by atoms with van der Waals surface area (Å²) in [5.74, 6) is -1.09. The van der Waals surface area contributed by atoms with Crippen molar-refractivity contribution in [2.24, 2.45) is 0 Å². The summed E-state index contributed by atoms with van der Waals surface area (Å²) >= 11 is 1.26. The third kappa shape index (κ3) is 4.09. The second kappa shape index (κ2) is 8.48. The maximum atomic E-state index is 13.0. The van der Waals surface area contributed by atoms with Crippen LogP contribution in [0, 0.1) is 0 Å². The lowest BCUT2D eigenvalue weighted by molar-refractivity contribution is 0.0422. The lowest BCUT2D eigenvalue weighted by Gasteiger charge is -2.17. The molecule has 0 radical (unpaired) electrons. The Kier molecular flexibility index (Phi) is 5.37. The minimum atomic E-state index is -1.05. The normalized spacial score (nSPS) is 16.1. The zero-order valence-corrected chi connectivity index (χ0v) is 17.7. The van der Waals surface area contributed by atoms with Gasteiger partial charge in [-0.25, -0.2) is 14.5 Å². The highest BCUT2D eigenvalue weighted by molar-refractivity contribution is 7.09. The molecule has 2 N–H and O–H groups in total. The van der Waals surface area contributed by atoms with Crippen LogP contribution in [0.25, 0.3) is 10.9 Å². The molecule has 1 fully saturated rings. The number of aromatic amines is 1. The number of nitrogens with one attached hydrogen (secondary N) is 1. The van der Waals surface area contributed by atoms with Crippen molar-refractivity contribution in [2.75, 3.05) is 13.1 Å². The van der Waals surface area contributed by atoms with Gasteiger partial charge in [-0.15, -0.1) is 16.4 Å². The van der Waals surface area contributed by atoms with Gasteiger partial charge in [-0.05, 0) is 12.5 Å². The summed E-state index contributed by atoms with van der Waals surface area (Å²) in [4.78, 5) is 29.7. The highest BCUT2D eigenvalue weighted by Gasteiger charge is 2.28. The molecule has 0 spiro atoms. The summed E-state index contributed by atoms with van der Waals surface area (Å²) in [7, 11) is 0. The van der Waals surface area contributed by atoms with E-state index in [0.717, 1.165) is 17.3 Å². The number of fused-ring (bicyclic) bond motifs is 1. The van der Waals surface area contributed by atoms with Crippen LogP contribution >= 0.6 is 11.3 Å². The first-order valence-corrected chi connectivity index (χ1v) is 10.8. The van der Waals surface area contributed by atoms with Crippen LogP contribution in [-0.2, 0) is 17.9 Å². The number of thiazole rings is 1. The third-order valence-electron chi connectivity index (χ3n) is 5.26. The van der Waals surface area contributed by atoms with Crippen molar-refractivity contribution in [3.05, 3.63) is 57.9 Å². The number of benzene rings is 1. The molecule has 11 nitrogen and oxygen atoms in total. The molecule has 1 saturated heterocycles. The molecule has 0 bridgehead atoms. The van der Waals surface area contributed by atoms with Crippen LogP contribution < -0.4 is 0 Å². The van der Waals surface area contributed by atoms with E-state index in [0.29, 0.717) is 35.9 Å². The Morgan fingerprint density at radius 3 is 3.09 bits per heavy atom. The Morgan fingerprint density at radius 2 is 2.25 bits per heavy atom. The largest absolute Gasteiger partial charge is 0.476 e. The van der Waals surface area contributed by atoms with E-state index >= 15 is 0 Å². The van der Waals surface area contributed by atoms with Gasteiger partial charge in [0.2, 0.25) is 0 Å². The van der Waals surface area contributed by atoms with Crippen molar-refractivity contribution in [2.45, 2.75) is 25.7 Å². The molecule has 32 heavy (non-hydrogen) atoms. The molecule has 1 aliphatic rings. The number of aromatic carboxylic acids is 1. The number of nitrogens with zero attached hydrogens (tertiary/aromatic N) is 6. The number of likely N-dealkylation sites (tertiary alicyclic amines) is 1. The van der Waals surface area contributed by atoms with Crippen molar-refractivity contribution in [3.63, 3.8) is 0 Å². The first-order chi connectivity index (χ1) is 15.6. The number of amides is 1. The van der Waals surface area contributed by atoms with Gasteiger partial charge in [0.05, 0.1) is 42.7 Å². The minimum absolute atomic E-state index is 0.0257. The van der Waals surface area contributed by atoms with E-state index in [9.17, 15) is 9.59 Å². The predicted octanol–water partition coefficient (Wildman–Crippen LogP) is 1.79. The molecular weight excluding hydrogens is 434 g/mol. The zero-order chi connectivity index (χ0) is 22.1. The van der Waals surface area contributed by atoms with Crippen LogP contribution in [0.3, 0.4) is 0 Å². The van der Waals surface area contributed by atoms with Crippen LogP contribution in [0.5, 0.6) is 0 Å². The van der Waals surface area contributed by atoms with Crippen molar-refractivity contribution >= 4 is 34.1 Å². The molecule has 4 aromatic rings. The third-order valence-corrected chi connectivity index (χ3v) is 6.09. The number of rotatable bonds is 7. The van der Waals surface area contributed by atoms with Gasteiger partial charge < -0.3 is 14.7 Å². The number of ether oxygens (including phenoxy) is 1. The second-order valence-electron chi connectivity index (χ2n) is 7.45. The maximum Gasteiger partial charge on any atom is 0.355 e. The van der Waals surface area contributed by atoms with Crippen LogP contribution in [-0.4, -0.2) is 71.3 Å². The highest BCUT2D eigenvalue weighted by Crippen LogP contribution is 2.21. The number of para-hydroxylation sites is 1. The molecule has 1 amide bonds. The molecule has 0 aliphatic carbocycles. The lowest BCUT2D eigenvalue weighted by atomic mass is 10.1. The van der Waals surface area contributed by atoms with Gasteiger partial charge >= 0.3 is 5.97 Å². The standard InChI is InChI=1S/C20H19N7O4S/c28-19(15-3-1-2-12-6-21-24-18(12)15)26-5-4-14(8-26)31-10-13-7-27(25-23-13)9-17-22-16(11-32-17)20(29)30/h1-3,6-7,11,14H,4-5,8-10H2,(H,21,24)(H,29,30)/t14-/m1/s1. The average Bonchev–Trinajstić information content (AvgIpc) is 3.58. The minimum Gasteiger partial charge on any atom is -0.476 e. The van der Waals surface area contributed by atoms with Crippen LogP contribution in [0.2, 0.25) is 0 Å². The fourth-order valence-corrected chi connectivity index (χ4v) is 4.43. The number of hydrogen-bond acceptors (Lipinski definition) is 8. The summed E-state index contributed by atoms with van der Waals surface area (Å²) in [6.45, 7) is 1.75. The Bertz CT molecular complexity index is 1280. The van der Waals surface area contributed by atoms with Gasteiger partial charge in [0.15, 0.2) is 5.69 Å². The van der Waals surface area contributed by atoms with E-state index in [2.05, 4.69) is 25.5 Å². The van der Waals surface area contributed by atoms with E-state index in [1.807, 2.05) is 12.1 Å². The highest BCUT2D eigenvalue weighted by atomic mass is 32.1. The number of carboxylic acid groups (broad SMARTS) is 1. The molecule has 164 valence electrons. The monoisotopic (exact) mass is 453 g/mol. The summed E-state index contributed by atoms with van der Waals surface area (Å²) in [6, 6.07) is 5.57. The topological polar surface area (TPSA) is 139 Å². The van der Waals surface area contributed by atoms with Gasteiger partial charge in [0, 0.05) is 23.9 Å². The number of carbonyl (C=O) groups excluding carboxylic acids is 1. The molecule has 12 heteroatoms.